The average Bonchev–Trinajstić information content (AvgIpc) is 3.39. The maximum atomic E-state index is 12.9. The summed E-state index contributed by atoms with van der Waals surface area (Å²) in [5, 5.41) is 9.60. The molecule has 0 saturated carbocycles. The van der Waals surface area contributed by atoms with Crippen LogP contribution in [0.2, 0.25) is 0 Å². The summed E-state index contributed by atoms with van der Waals surface area (Å²) in [6, 6.07) is 7.01. The number of piperidine rings is 1. The summed E-state index contributed by atoms with van der Waals surface area (Å²) < 4.78 is 0. The SMILES string of the molecule is O=C(Nc1ccc(C(=O)N2CCC3(CCCCN3)C2)cc1)N1C=C2C=CNC=C2C1. The van der Waals surface area contributed by atoms with E-state index in [0.717, 1.165) is 43.6 Å². The van der Waals surface area contributed by atoms with Crippen molar-refractivity contribution < 1.29 is 9.59 Å². The highest BCUT2D eigenvalue weighted by atomic mass is 16.2. The summed E-state index contributed by atoms with van der Waals surface area (Å²) in [5.74, 6) is 0.0664. The van der Waals surface area contributed by atoms with Gasteiger partial charge in [0.1, 0.15) is 0 Å². The highest BCUT2D eigenvalue weighted by Gasteiger charge is 2.40. The normalized spacial score (nSPS) is 24.9. The summed E-state index contributed by atoms with van der Waals surface area (Å²) in [6.45, 7) is 3.17. The van der Waals surface area contributed by atoms with Gasteiger partial charge in [-0.3, -0.25) is 9.69 Å². The first-order valence-corrected chi connectivity index (χ1v) is 10.7. The molecular formula is C23H27N5O2. The molecule has 4 aliphatic heterocycles. The van der Waals surface area contributed by atoms with Gasteiger partial charge in [-0.25, -0.2) is 4.79 Å². The second-order valence-corrected chi connectivity index (χ2v) is 8.53. The monoisotopic (exact) mass is 405 g/mol. The lowest BCUT2D eigenvalue weighted by molar-refractivity contribution is 0.0775. The molecule has 156 valence electrons. The second kappa shape index (κ2) is 7.65. The number of benzene rings is 1. The van der Waals surface area contributed by atoms with E-state index in [9.17, 15) is 9.59 Å². The molecule has 4 heterocycles. The number of nitrogens with zero attached hydrogens (tertiary/aromatic N) is 2. The van der Waals surface area contributed by atoms with Crippen LogP contribution < -0.4 is 16.0 Å². The molecule has 2 fully saturated rings. The number of hydrogen-bond acceptors (Lipinski definition) is 4. The molecule has 7 nitrogen and oxygen atoms in total. The van der Waals surface area contributed by atoms with E-state index in [1.807, 2.05) is 29.6 Å². The largest absolute Gasteiger partial charge is 0.367 e. The van der Waals surface area contributed by atoms with Gasteiger partial charge < -0.3 is 20.9 Å². The standard InChI is InChI=1S/C23H27N5O2/c29-21(27-12-9-23(16-27)8-1-2-10-25-23)17-3-5-20(6-4-17)26-22(30)28-14-18-7-11-24-13-19(18)15-28/h3-7,11,13-14,24-25H,1-2,8-10,12,15-16H2,(H,26,30). The first-order valence-electron chi connectivity index (χ1n) is 10.7. The molecule has 0 radical (unpaired) electrons. The fraction of sp³-hybridized carbons (Fsp3) is 0.391. The Morgan fingerprint density at radius 1 is 1.10 bits per heavy atom. The third-order valence-electron chi connectivity index (χ3n) is 6.49. The minimum absolute atomic E-state index is 0.0664. The van der Waals surface area contributed by atoms with Gasteiger partial charge >= 0.3 is 6.03 Å². The maximum absolute atomic E-state index is 12.9. The van der Waals surface area contributed by atoms with Gasteiger partial charge in [-0.15, -0.1) is 0 Å². The summed E-state index contributed by atoms with van der Waals surface area (Å²) in [5.41, 5.74) is 3.59. The highest BCUT2D eigenvalue weighted by molar-refractivity contribution is 5.96. The summed E-state index contributed by atoms with van der Waals surface area (Å²) >= 11 is 0. The van der Waals surface area contributed by atoms with E-state index in [1.165, 1.54) is 12.8 Å². The van der Waals surface area contributed by atoms with E-state index >= 15 is 0 Å². The van der Waals surface area contributed by atoms with E-state index in [0.29, 0.717) is 17.8 Å². The van der Waals surface area contributed by atoms with Gasteiger partial charge in [0.2, 0.25) is 0 Å². The Bertz CT molecular complexity index is 941. The molecule has 30 heavy (non-hydrogen) atoms. The van der Waals surface area contributed by atoms with Crippen LogP contribution in [-0.4, -0.2) is 53.5 Å². The molecule has 3 amide bonds. The lowest BCUT2D eigenvalue weighted by Gasteiger charge is -2.34. The van der Waals surface area contributed by atoms with E-state index in [-0.39, 0.29) is 17.5 Å². The predicted octanol–water partition coefficient (Wildman–Crippen LogP) is 2.78. The van der Waals surface area contributed by atoms with E-state index in [4.69, 9.17) is 0 Å². The first-order chi connectivity index (χ1) is 14.6. The zero-order valence-electron chi connectivity index (χ0n) is 17.0. The lowest BCUT2D eigenvalue weighted by Crippen LogP contribution is -2.50. The van der Waals surface area contributed by atoms with E-state index < -0.39 is 0 Å². The van der Waals surface area contributed by atoms with Crippen molar-refractivity contribution in [2.75, 3.05) is 31.5 Å². The summed E-state index contributed by atoms with van der Waals surface area (Å²) in [4.78, 5) is 29.1. The Labute approximate surface area is 176 Å². The van der Waals surface area contributed by atoms with Crippen molar-refractivity contribution in [3.8, 4) is 0 Å². The number of rotatable bonds is 2. The van der Waals surface area contributed by atoms with Crippen LogP contribution in [0.15, 0.2) is 60.1 Å². The van der Waals surface area contributed by atoms with Crippen LogP contribution in [0.1, 0.15) is 36.0 Å². The minimum Gasteiger partial charge on any atom is -0.367 e. The smallest absolute Gasteiger partial charge is 0.326 e. The Kier molecular flexibility index (Phi) is 4.83. The van der Waals surface area contributed by atoms with Gasteiger partial charge in [0, 0.05) is 48.5 Å². The quantitative estimate of drug-likeness (QED) is 0.707. The van der Waals surface area contributed by atoms with Crippen molar-refractivity contribution >= 4 is 17.6 Å². The van der Waals surface area contributed by atoms with Crippen LogP contribution >= 0.6 is 0 Å². The summed E-state index contributed by atoms with van der Waals surface area (Å²) in [7, 11) is 0. The number of anilines is 1. The Morgan fingerprint density at radius 2 is 1.97 bits per heavy atom. The average molecular weight is 406 g/mol. The van der Waals surface area contributed by atoms with Crippen LogP contribution in [0.3, 0.4) is 0 Å². The molecule has 0 bridgehead atoms. The first kappa shape index (κ1) is 18.9. The molecule has 3 N–H and O–H groups in total. The second-order valence-electron chi connectivity index (χ2n) is 8.53. The number of nitrogens with one attached hydrogen (secondary N) is 3. The molecule has 4 aliphatic rings. The van der Waals surface area contributed by atoms with Crippen LogP contribution in [0.5, 0.6) is 0 Å². The molecule has 1 aromatic carbocycles. The number of carbonyl (C=O) groups excluding carboxylic acids is 2. The number of likely N-dealkylation sites (tertiary alicyclic amines) is 1. The number of allylic oxidation sites excluding steroid dienone is 1. The minimum atomic E-state index is -0.185. The van der Waals surface area contributed by atoms with Crippen molar-refractivity contribution in [2.24, 2.45) is 0 Å². The molecule has 1 unspecified atom stereocenters. The summed E-state index contributed by atoms with van der Waals surface area (Å²) in [6.07, 6.45) is 12.2. The van der Waals surface area contributed by atoms with Gasteiger partial charge in [-0.2, -0.15) is 0 Å². The molecule has 1 spiro atoms. The fourth-order valence-electron chi connectivity index (χ4n) is 4.77. The number of dihydropyridines is 1. The van der Waals surface area contributed by atoms with E-state index in [1.54, 1.807) is 29.2 Å². The van der Waals surface area contributed by atoms with Crippen molar-refractivity contribution in [3.05, 3.63) is 65.7 Å². The van der Waals surface area contributed by atoms with Crippen molar-refractivity contribution in [2.45, 2.75) is 31.2 Å². The number of hydrogen-bond donors (Lipinski definition) is 3. The third kappa shape index (κ3) is 3.61. The molecule has 0 aliphatic carbocycles. The molecular weight excluding hydrogens is 378 g/mol. The molecule has 2 saturated heterocycles. The molecule has 7 heteroatoms. The zero-order chi connectivity index (χ0) is 20.6. The Hall–Kier alpha value is -3.06. The van der Waals surface area contributed by atoms with Gasteiger partial charge in [0.05, 0.1) is 6.54 Å². The predicted molar refractivity (Wildman–Crippen MR) is 116 cm³/mol. The number of fused-ring (bicyclic) bond motifs is 1. The molecule has 5 rings (SSSR count). The number of amides is 3. The van der Waals surface area contributed by atoms with Crippen molar-refractivity contribution in [3.63, 3.8) is 0 Å². The van der Waals surface area contributed by atoms with Crippen LogP contribution in [0, 0.1) is 0 Å². The number of urea groups is 1. The van der Waals surface area contributed by atoms with E-state index in [2.05, 4.69) is 16.0 Å². The zero-order valence-corrected chi connectivity index (χ0v) is 17.0. The molecule has 1 aromatic rings. The maximum Gasteiger partial charge on any atom is 0.326 e. The van der Waals surface area contributed by atoms with Crippen molar-refractivity contribution in [1.82, 2.24) is 20.4 Å². The highest BCUT2D eigenvalue weighted by Crippen LogP contribution is 2.30. The van der Waals surface area contributed by atoms with Crippen molar-refractivity contribution in [1.29, 1.82) is 0 Å². The topological polar surface area (TPSA) is 76.7 Å². The van der Waals surface area contributed by atoms with Gasteiger partial charge in [-0.05, 0) is 67.3 Å². The van der Waals surface area contributed by atoms with Crippen LogP contribution in [0.25, 0.3) is 0 Å². The third-order valence-corrected chi connectivity index (χ3v) is 6.49. The van der Waals surface area contributed by atoms with Crippen LogP contribution in [-0.2, 0) is 0 Å². The molecule has 0 aromatic heterocycles. The molecule has 1 atom stereocenters. The van der Waals surface area contributed by atoms with Gasteiger partial charge in [-0.1, -0.05) is 6.42 Å². The fourth-order valence-corrected chi connectivity index (χ4v) is 4.77. The lowest BCUT2D eigenvalue weighted by atomic mass is 9.88. The van der Waals surface area contributed by atoms with Gasteiger partial charge in [0.25, 0.3) is 5.91 Å². The van der Waals surface area contributed by atoms with Crippen LogP contribution in [0.4, 0.5) is 10.5 Å². The van der Waals surface area contributed by atoms with Gasteiger partial charge in [0.15, 0.2) is 0 Å². The number of carbonyl (C=O) groups is 2. The Morgan fingerprint density at radius 3 is 2.73 bits per heavy atom. The Balaban J connectivity index is 1.20.